The van der Waals surface area contributed by atoms with Crippen LogP contribution >= 0.6 is 7.49 Å². The summed E-state index contributed by atoms with van der Waals surface area (Å²) in [5, 5.41) is 53.2. The van der Waals surface area contributed by atoms with E-state index in [0.717, 1.165) is 15.9 Å². The fourth-order valence-corrected chi connectivity index (χ4v) is 8.00. The Balaban J connectivity index is 1.90. The molecular weight excluding hydrogens is 431 g/mol. The van der Waals surface area contributed by atoms with E-state index in [1.54, 1.807) is 24.3 Å². The summed E-state index contributed by atoms with van der Waals surface area (Å²) < 4.78 is 12.4. The van der Waals surface area contributed by atoms with Crippen molar-refractivity contribution in [2.45, 2.75) is 30.7 Å². The molecule has 0 bridgehead atoms. The molecule has 3 aromatic carbocycles. The summed E-state index contributed by atoms with van der Waals surface area (Å²) in [6.45, 7) is -0.546. The Kier molecular flexibility index (Phi) is 6.88. The van der Waals surface area contributed by atoms with Gasteiger partial charge >= 0.3 is 186 Å². The van der Waals surface area contributed by atoms with E-state index in [2.05, 4.69) is 0 Å². The van der Waals surface area contributed by atoms with Gasteiger partial charge in [-0.2, -0.15) is 0 Å². The predicted octanol–water partition coefficient (Wildman–Crippen LogP) is 0.150. The van der Waals surface area contributed by atoms with Crippen LogP contribution in [0.2, 0.25) is 0 Å². The van der Waals surface area contributed by atoms with Crippen molar-refractivity contribution >= 4 is 23.4 Å². The Morgan fingerprint density at radius 3 is 1.69 bits per heavy atom. The Bertz CT molecular complexity index is 958. The molecule has 5 N–H and O–H groups in total. The standard InChI is InChI=1S/C24H27O7P/c25-15-20-21(27)22(28)23(29)24(30-20)31-32(17-7-3-1-4-8-17,18-9-5-2-6-10-18)19-13-11-16(26)12-14-19/h1-14,20-29,32H,15H2/t20-,21-,22+,23-,24-/m1/s1. The van der Waals surface area contributed by atoms with Gasteiger partial charge in [0.2, 0.25) is 0 Å². The van der Waals surface area contributed by atoms with Gasteiger partial charge in [-0.05, 0) is 0 Å². The molecule has 0 amide bonds. The number of hydrogen-bond donors (Lipinski definition) is 5. The number of aliphatic hydroxyl groups is 4. The van der Waals surface area contributed by atoms with Crippen LogP contribution in [0.15, 0.2) is 84.9 Å². The third-order valence-electron chi connectivity index (χ3n) is 5.78. The first-order valence-electron chi connectivity index (χ1n) is 10.4. The van der Waals surface area contributed by atoms with Gasteiger partial charge in [0, 0.05) is 0 Å². The van der Waals surface area contributed by atoms with Gasteiger partial charge in [-0.25, -0.2) is 0 Å². The van der Waals surface area contributed by atoms with Crippen molar-refractivity contribution in [2.24, 2.45) is 0 Å². The van der Waals surface area contributed by atoms with Crippen LogP contribution in [-0.2, 0) is 9.26 Å². The van der Waals surface area contributed by atoms with Gasteiger partial charge in [-0.1, -0.05) is 0 Å². The fourth-order valence-electron chi connectivity index (χ4n) is 4.08. The van der Waals surface area contributed by atoms with Crippen molar-refractivity contribution in [1.29, 1.82) is 0 Å². The van der Waals surface area contributed by atoms with Gasteiger partial charge in [-0.15, -0.1) is 0 Å². The number of phenols is 1. The maximum absolute atomic E-state index is 10.7. The summed E-state index contributed by atoms with van der Waals surface area (Å²) >= 11 is 0. The topological polar surface area (TPSA) is 120 Å². The second kappa shape index (κ2) is 9.65. The minimum atomic E-state index is -3.34. The Morgan fingerprint density at radius 2 is 1.19 bits per heavy atom. The van der Waals surface area contributed by atoms with Crippen LogP contribution in [0.3, 0.4) is 0 Å². The molecule has 3 aromatic rings. The van der Waals surface area contributed by atoms with Crippen molar-refractivity contribution in [1.82, 2.24) is 0 Å². The van der Waals surface area contributed by atoms with Crippen LogP contribution in [0.1, 0.15) is 0 Å². The number of rotatable bonds is 6. The number of aliphatic hydroxyl groups excluding tert-OH is 4. The predicted molar refractivity (Wildman–Crippen MR) is 123 cm³/mol. The van der Waals surface area contributed by atoms with Crippen LogP contribution in [0.5, 0.6) is 5.75 Å². The van der Waals surface area contributed by atoms with Gasteiger partial charge in [0.25, 0.3) is 0 Å². The summed E-state index contributed by atoms with van der Waals surface area (Å²) in [6, 6.07) is 25.7. The number of hydrogen-bond acceptors (Lipinski definition) is 7. The molecular formula is C24H27O7P. The molecule has 0 unspecified atom stereocenters. The molecule has 1 heterocycles. The molecule has 170 valence electrons. The van der Waals surface area contributed by atoms with E-state index in [9.17, 15) is 25.5 Å². The normalized spacial score (nSPS) is 26.6. The second-order valence-corrected chi connectivity index (χ2v) is 11.1. The third kappa shape index (κ3) is 4.17. The van der Waals surface area contributed by atoms with E-state index in [1.165, 1.54) is 0 Å². The van der Waals surface area contributed by atoms with Crippen molar-refractivity contribution in [3.05, 3.63) is 84.9 Å². The van der Waals surface area contributed by atoms with Crippen LogP contribution in [0.4, 0.5) is 0 Å². The monoisotopic (exact) mass is 458 g/mol. The summed E-state index contributed by atoms with van der Waals surface area (Å²) in [4.78, 5) is 0. The van der Waals surface area contributed by atoms with E-state index < -0.39 is 44.8 Å². The first-order valence-corrected chi connectivity index (χ1v) is 12.3. The van der Waals surface area contributed by atoms with Gasteiger partial charge in [0.15, 0.2) is 0 Å². The zero-order valence-electron chi connectivity index (χ0n) is 17.2. The average Bonchev–Trinajstić information content (AvgIpc) is 2.84. The van der Waals surface area contributed by atoms with Crippen LogP contribution < -0.4 is 15.9 Å². The number of ether oxygens (including phenoxy) is 1. The molecule has 1 aliphatic rings. The second-order valence-electron chi connectivity index (χ2n) is 7.78. The Morgan fingerprint density at radius 1 is 0.688 bits per heavy atom. The molecule has 0 saturated carbocycles. The van der Waals surface area contributed by atoms with E-state index in [4.69, 9.17) is 9.26 Å². The van der Waals surface area contributed by atoms with E-state index in [1.807, 2.05) is 60.7 Å². The molecule has 1 aliphatic heterocycles. The van der Waals surface area contributed by atoms with E-state index in [-0.39, 0.29) is 5.75 Å². The van der Waals surface area contributed by atoms with Crippen LogP contribution in [0.25, 0.3) is 0 Å². The van der Waals surface area contributed by atoms with Gasteiger partial charge in [0.05, 0.1) is 0 Å². The third-order valence-corrected chi connectivity index (χ3v) is 9.80. The summed E-state index contributed by atoms with van der Waals surface area (Å²) in [7, 11) is -3.34. The SMILES string of the molecule is OC[C@H]1O[C@H](O[PH](c2ccccc2)(c2ccccc2)c2ccc(O)cc2)[C@H](O)[C@@H](O)[C@@H]1O. The first kappa shape index (κ1) is 22.8. The molecule has 7 nitrogen and oxygen atoms in total. The van der Waals surface area contributed by atoms with Crippen molar-refractivity contribution in [3.63, 3.8) is 0 Å². The quantitative estimate of drug-likeness (QED) is 0.334. The molecule has 0 aromatic heterocycles. The van der Waals surface area contributed by atoms with Gasteiger partial charge < -0.3 is 0 Å². The van der Waals surface area contributed by atoms with Gasteiger partial charge in [0.1, 0.15) is 0 Å². The average molecular weight is 458 g/mol. The Labute approximate surface area is 186 Å². The molecule has 32 heavy (non-hydrogen) atoms. The van der Waals surface area contributed by atoms with Crippen LogP contribution in [0, 0.1) is 0 Å². The molecule has 5 atom stereocenters. The molecule has 1 saturated heterocycles. The van der Waals surface area contributed by atoms with Crippen molar-refractivity contribution in [3.8, 4) is 5.75 Å². The fraction of sp³-hybridized carbons (Fsp3) is 0.250. The molecule has 0 spiro atoms. The Hall–Kier alpha value is -2.35. The zero-order chi connectivity index (χ0) is 22.7. The van der Waals surface area contributed by atoms with E-state index >= 15 is 0 Å². The number of aromatic hydroxyl groups is 1. The maximum atomic E-state index is 10.7. The minimum absolute atomic E-state index is 0.102. The van der Waals surface area contributed by atoms with Crippen molar-refractivity contribution in [2.75, 3.05) is 6.61 Å². The van der Waals surface area contributed by atoms with Gasteiger partial charge in [-0.3, -0.25) is 0 Å². The number of benzene rings is 3. The molecule has 4 rings (SSSR count). The summed E-state index contributed by atoms with van der Waals surface area (Å²) in [5.74, 6) is 0.102. The van der Waals surface area contributed by atoms with E-state index in [0.29, 0.717) is 0 Å². The van der Waals surface area contributed by atoms with Crippen LogP contribution in [-0.4, -0.2) is 62.8 Å². The molecule has 0 aliphatic carbocycles. The first-order chi connectivity index (χ1) is 15.5. The summed E-state index contributed by atoms with van der Waals surface area (Å²) in [6.07, 6.45) is -6.97. The number of phenolic OH excluding ortho intramolecular Hbond substituents is 1. The summed E-state index contributed by atoms with van der Waals surface area (Å²) in [5.41, 5.74) is 0. The molecule has 1 fully saturated rings. The molecule has 0 radical (unpaired) electrons. The zero-order valence-corrected chi connectivity index (χ0v) is 18.2. The van der Waals surface area contributed by atoms with Crippen molar-refractivity contribution < 1.29 is 34.8 Å². The molecule has 8 heteroatoms.